The fraction of sp³-hybridized carbons (Fsp3) is 0.533. The van der Waals surface area contributed by atoms with Gasteiger partial charge >= 0.3 is 0 Å². The molecule has 1 aromatic rings. The van der Waals surface area contributed by atoms with E-state index in [2.05, 4.69) is 5.32 Å². The van der Waals surface area contributed by atoms with Gasteiger partial charge in [-0.3, -0.25) is 9.69 Å². The van der Waals surface area contributed by atoms with E-state index in [-0.39, 0.29) is 11.7 Å². The topological polar surface area (TPSA) is 66.5 Å². The van der Waals surface area contributed by atoms with E-state index in [0.717, 1.165) is 6.54 Å². The number of carbonyl (C=O) groups is 1. The Morgan fingerprint density at radius 3 is 2.57 bits per heavy atom. The van der Waals surface area contributed by atoms with Crippen molar-refractivity contribution in [2.24, 2.45) is 0 Å². The van der Waals surface area contributed by atoms with Gasteiger partial charge < -0.3 is 5.32 Å². The van der Waals surface area contributed by atoms with Crippen LogP contribution in [0.2, 0.25) is 0 Å². The first-order valence-electron chi connectivity index (χ1n) is 7.15. The SMILES string of the molecule is CC1(C)C(=O)NCCN1CCCS(=O)(=O)c1ccccc1. The van der Waals surface area contributed by atoms with Crippen LogP contribution in [0, 0.1) is 0 Å². The number of hydrogen-bond acceptors (Lipinski definition) is 4. The molecule has 116 valence electrons. The van der Waals surface area contributed by atoms with Crippen LogP contribution in [0.1, 0.15) is 20.3 Å². The summed E-state index contributed by atoms with van der Waals surface area (Å²) in [4.78, 5) is 14.2. The lowest BCUT2D eigenvalue weighted by molar-refractivity contribution is -0.134. The molecule has 6 heteroatoms. The molecule has 1 aliphatic heterocycles. The quantitative estimate of drug-likeness (QED) is 0.883. The Bertz CT molecular complexity index is 597. The van der Waals surface area contributed by atoms with Crippen LogP contribution >= 0.6 is 0 Å². The summed E-state index contributed by atoms with van der Waals surface area (Å²) in [6.45, 7) is 5.71. The molecule has 5 nitrogen and oxygen atoms in total. The third kappa shape index (κ3) is 3.63. The highest BCUT2D eigenvalue weighted by molar-refractivity contribution is 7.91. The van der Waals surface area contributed by atoms with Crippen LogP contribution in [0.4, 0.5) is 0 Å². The van der Waals surface area contributed by atoms with Gasteiger partial charge in [0.25, 0.3) is 0 Å². The van der Waals surface area contributed by atoms with Crippen LogP contribution in [-0.2, 0) is 14.6 Å². The van der Waals surface area contributed by atoms with Gasteiger partial charge in [0.05, 0.1) is 16.2 Å². The van der Waals surface area contributed by atoms with E-state index in [1.165, 1.54) is 0 Å². The van der Waals surface area contributed by atoms with Crippen molar-refractivity contribution in [3.63, 3.8) is 0 Å². The van der Waals surface area contributed by atoms with Gasteiger partial charge in [-0.25, -0.2) is 8.42 Å². The molecule has 1 heterocycles. The van der Waals surface area contributed by atoms with E-state index in [4.69, 9.17) is 0 Å². The first-order chi connectivity index (χ1) is 9.84. The molecule has 1 aliphatic rings. The van der Waals surface area contributed by atoms with Gasteiger partial charge in [0.2, 0.25) is 5.91 Å². The fourth-order valence-corrected chi connectivity index (χ4v) is 3.84. The molecule has 0 aliphatic carbocycles. The summed E-state index contributed by atoms with van der Waals surface area (Å²) in [5.41, 5.74) is -0.575. The van der Waals surface area contributed by atoms with Crippen molar-refractivity contribution in [2.45, 2.75) is 30.7 Å². The lowest BCUT2D eigenvalue weighted by Crippen LogP contribution is -2.61. The van der Waals surface area contributed by atoms with Crippen molar-refractivity contribution in [2.75, 3.05) is 25.4 Å². The van der Waals surface area contributed by atoms with Gasteiger partial charge in [-0.1, -0.05) is 18.2 Å². The van der Waals surface area contributed by atoms with Gasteiger partial charge in [0.15, 0.2) is 9.84 Å². The summed E-state index contributed by atoms with van der Waals surface area (Å²) in [5, 5.41) is 2.84. The summed E-state index contributed by atoms with van der Waals surface area (Å²) in [7, 11) is -3.24. The van der Waals surface area contributed by atoms with Crippen molar-refractivity contribution >= 4 is 15.7 Å². The number of nitrogens with one attached hydrogen (secondary N) is 1. The Morgan fingerprint density at radius 2 is 1.90 bits per heavy atom. The first-order valence-corrected chi connectivity index (χ1v) is 8.80. The largest absolute Gasteiger partial charge is 0.353 e. The maximum atomic E-state index is 12.2. The van der Waals surface area contributed by atoms with Crippen molar-refractivity contribution in [3.8, 4) is 0 Å². The second kappa shape index (κ2) is 6.15. The van der Waals surface area contributed by atoms with Crippen LogP contribution in [0.25, 0.3) is 0 Å². The fourth-order valence-electron chi connectivity index (χ4n) is 2.53. The van der Waals surface area contributed by atoms with E-state index in [9.17, 15) is 13.2 Å². The van der Waals surface area contributed by atoms with Gasteiger partial charge in [0, 0.05) is 19.6 Å². The lowest BCUT2D eigenvalue weighted by atomic mass is 9.99. The van der Waals surface area contributed by atoms with Crippen molar-refractivity contribution < 1.29 is 13.2 Å². The van der Waals surface area contributed by atoms with Gasteiger partial charge in [-0.2, -0.15) is 0 Å². The number of amides is 1. The molecule has 1 aromatic carbocycles. The standard InChI is InChI=1S/C15H22N2O3S/c1-15(2)14(18)16-9-11-17(15)10-6-12-21(19,20)13-7-4-3-5-8-13/h3-5,7-8H,6,9-12H2,1-2H3,(H,16,18). The Balaban J connectivity index is 1.94. The summed E-state index contributed by atoms with van der Waals surface area (Å²) < 4.78 is 24.4. The Hall–Kier alpha value is -1.40. The van der Waals surface area contributed by atoms with E-state index < -0.39 is 15.4 Å². The molecule has 0 spiro atoms. The van der Waals surface area contributed by atoms with Crippen LogP contribution in [-0.4, -0.2) is 50.2 Å². The smallest absolute Gasteiger partial charge is 0.239 e. The summed E-state index contributed by atoms with van der Waals surface area (Å²) in [5.74, 6) is 0.102. The highest BCUT2D eigenvalue weighted by Crippen LogP contribution is 2.18. The average molecular weight is 310 g/mol. The number of carbonyl (C=O) groups excluding carboxylic acids is 1. The average Bonchev–Trinajstić information content (AvgIpc) is 2.45. The molecule has 1 amide bonds. The van der Waals surface area contributed by atoms with Gasteiger partial charge in [-0.15, -0.1) is 0 Å². The predicted molar refractivity (Wildman–Crippen MR) is 81.8 cm³/mol. The molecule has 1 fully saturated rings. The Morgan fingerprint density at radius 1 is 1.24 bits per heavy atom. The summed E-state index contributed by atoms with van der Waals surface area (Å²) in [6.07, 6.45) is 0.522. The zero-order valence-electron chi connectivity index (χ0n) is 12.5. The number of piperazine rings is 1. The van der Waals surface area contributed by atoms with Crippen molar-refractivity contribution in [1.82, 2.24) is 10.2 Å². The van der Waals surface area contributed by atoms with Crippen LogP contribution in [0.15, 0.2) is 35.2 Å². The molecular formula is C15H22N2O3S. The molecule has 0 unspecified atom stereocenters. The molecule has 0 saturated carbocycles. The van der Waals surface area contributed by atoms with E-state index in [1.807, 2.05) is 18.7 Å². The Labute approximate surface area is 126 Å². The second-order valence-corrected chi connectivity index (χ2v) is 7.90. The van der Waals surface area contributed by atoms with Gasteiger partial charge in [-0.05, 0) is 32.4 Å². The van der Waals surface area contributed by atoms with E-state index in [1.54, 1.807) is 30.3 Å². The van der Waals surface area contributed by atoms with Crippen LogP contribution in [0.3, 0.4) is 0 Å². The minimum Gasteiger partial charge on any atom is -0.353 e. The summed E-state index contributed by atoms with van der Waals surface area (Å²) >= 11 is 0. The second-order valence-electron chi connectivity index (χ2n) is 5.79. The molecule has 0 radical (unpaired) electrons. The first kappa shape index (κ1) is 16.0. The number of benzene rings is 1. The van der Waals surface area contributed by atoms with Crippen molar-refractivity contribution in [3.05, 3.63) is 30.3 Å². The molecule has 0 bridgehead atoms. The minimum atomic E-state index is -3.24. The van der Waals surface area contributed by atoms with Crippen LogP contribution < -0.4 is 5.32 Å². The van der Waals surface area contributed by atoms with E-state index >= 15 is 0 Å². The molecular weight excluding hydrogens is 288 g/mol. The highest BCUT2D eigenvalue weighted by Gasteiger charge is 2.37. The predicted octanol–water partition coefficient (Wildman–Crippen LogP) is 1.06. The number of nitrogens with zero attached hydrogens (tertiary/aromatic N) is 1. The molecule has 0 atom stereocenters. The monoisotopic (exact) mass is 310 g/mol. The minimum absolute atomic E-state index is 0.000309. The Kier molecular flexibility index (Phi) is 4.68. The maximum Gasteiger partial charge on any atom is 0.239 e. The third-order valence-corrected chi connectivity index (χ3v) is 5.77. The number of rotatable bonds is 5. The van der Waals surface area contributed by atoms with Crippen LogP contribution in [0.5, 0.6) is 0 Å². The highest BCUT2D eigenvalue weighted by atomic mass is 32.2. The summed E-state index contributed by atoms with van der Waals surface area (Å²) in [6, 6.07) is 8.49. The number of sulfone groups is 1. The zero-order chi connectivity index (χ0) is 15.5. The molecule has 21 heavy (non-hydrogen) atoms. The maximum absolute atomic E-state index is 12.2. The lowest BCUT2D eigenvalue weighted by Gasteiger charge is -2.41. The molecule has 1 N–H and O–H groups in total. The zero-order valence-corrected chi connectivity index (χ0v) is 13.3. The third-order valence-electron chi connectivity index (χ3n) is 3.96. The van der Waals surface area contributed by atoms with E-state index in [0.29, 0.717) is 24.4 Å². The number of hydrogen-bond donors (Lipinski definition) is 1. The van der Waals surface area contributed by atoms with Crippen molar-refractivity contribution in [1.29, 1.82) is 0 Å². The molecule has 2 rings (SSSR count). The molecule has 1 saturated heterocycles. The molecule has 0 aromatic heterocycles. The normalized spacial score (nSPS) is 19.2. The van der Waals surface area contributed by atoms with Gasteiger partial charge in [0.1, 0.15) is 0 Å².